The van der Waals surface area contributed by atoms with E-state index in [1.807, 2.05) is 18.2 Å². The van der Waals surface area contributed by atoms with E-state index in [0.717, 1.165) is 56.3 Å². The topological polar surface area (TPSA) is 48.9 Å². The fourth-order valence-electron chi connectivity index (χ4n) is 3.29. The predicted molar refractivity (Wildman–Crippen MR) is 115 cm³/mol. The molecule has 150 valence electrons. The lowest BCUT2D eigenvalue weighted by Gasteiger charge is -2.33. The number of hydrogen-bond acceptors (Lipinski definition) is 3. The summed E-state index contributed by atoms with van der Waals surface area (Å²) in [7, 11) is 0. The first-order valence-electron chi connectivity index (χ1n) is 10.1. The largest absolute Gasteiger partial charge is 0.489 e. The van der Waals surface area contributed by atoms with Crippen molar-refractivity contribution in [3.8, 4) is 5.75 Å². The molecule has 5 nitrogen and oxygen atoms in total. The molecule has 1 heterocycles. The van der Waals surface area contributed by atoms with Crippen LogP contribution in [-0.4, -0.2) is 55.7 Å². The van der Waals surface area contributed by atoms with Crippen molar-refractivity contribution in [1.82, 2.24) is 15.5 Å². The van der Waals surface area contributed by atoms with E-state index >= 15 is 0 Å². The molecular formula is C22H36N4O. The number of piperidine rings is 1. The first-order valence-corrected chi connectivity index (χ1v) is 10.1. The molecule has 5 heteroatoms. The molecule has 0 saturated carbocycles. The van der Waals surface area contributed by atoms with E-state index in [0.29, 0.717) is 12.6 Å². The molecular weight excluding hydrogens is 336 g/mol. The Bertz CT molecular complexity index is 620. The lowest BCUT2D eigenvalue weighted by atomic mass is 10.0. The Labute approximate surface area is 164 Å². The Kier molecular flexibility index (Phi) is 8.65. The van der Waals surface area contributed by atoms with Gasteiger partial charge in [0.2, 0.25) is 0 Å². The average molecular weight is 373 g/mol. The van der Waals surface area contributed by atoms with Crippen LogP contribution in [0.25, 0.3) is 0 Å². The molecule has 0 spiro atoms. The zero-order chi connectivity index (χ0) is 19.6. The Hall–Kier alpha value is -2.01. The summed E-state index contributed by atoms with van der Waals surface area (Å²) in [6, 6.07) is 8.58. The van der Waals surface area contributed by atoms with Crippen molar-refractivity contribution in [2.24, 2.45) is 4.99 Å². The highest BCUT2D eigenvalue weighted by molar-refractivity contribution is 5.80. The fourth-order valence-corrected chi connectivity index (χ4v) is 3.29. The van der Waals surface area contributed by atoms with Gasteiger partial charge in [0, 0.05) is 32.2 Å². The molecule has 1 atom stereocenters. The zero-order valence-corrected chi connectivity index (χ0v) is 17.4. The Morgan fingerprint density at radius 1 is 1.33 bits per heavy atom. The molecule has 1 unspecified atom stereocenters. The number of likely N-dealkylation sites (tertiary alicyclic amines) is 1. The molecule has 27 heavy (non-hydrogen) atoms. The summed E-state index contributed by atoms with van der Waals surface area (Å²) in [6.45, 7) is 17.0. The van der Waals surface area contributed by atoms with Gasteiger partial charge in [0.1, 0.15) is 11.9 Å². The number of para-hydroxylation sites is 1. The molecule has 2 rings (SSSR count). The van der Waals surface area contributed by atoms with Crippen LogP contribution in [0, 0.1) is 6.92 Å². The summed E-state index contributed by atoms with van der Waals surface area (Å²) in [4.78, 5) is 7.22. The number of aryl methyl sites for hydroxylation is 1. The number of rotatable bonds is 8. The highest BCUT2D eigenvalue weighted by Gasteiger charge is 2.19. The van der Waals surface area contributed by atoms with Gasteiger partial charge in [0.05, 0.1) is 6.54 Å². The minimum atomic E-state index is 0.0268. The van der Waals surface area contributed by atoms with Crippen molar-refractivity contribution < 1.29 is 4.74 Å². The summed E-state index contributed by atoms with van der Waals surface area (Å²) in [6.07, 6.45) is 2.29. The molecule has 1 fully saturated rings. The second kappa shape index (κ2) is 11.0. The molecule has 1 aromatic rings. The third kappa shape index (κ3) is 7.63. The van der Waals surface area contributed by atoms with Crippen molar-refractivity contribution in [2.45, 2.75) is 52.7 Å². The first kappa shape index (κ1) is 21.3. The van der Waals surface area contributed by atoms with Gasteiger partial charge in [0.25, 0.3) is 0 Å². The van der Waals surface area contributed by atoms with Gasteiger partial charge in [-0.1, -0.05) is 30.4 Å². The van der Waals surface area contributed by atoms with E-state index in [1.54, 1.807) is 0 Å². The summed E-state index contributed by atoms with van der Waals surface area (Å²) in [5.41, 5.74) is 2.39. The molecule has 0 aromatic heterocycles. The Morgan fingerprint density at radius 2 is 2.04 bits per heavy atom. The van der Waals surface area contributed by atoms with E-state index < -0.39 is 0 Å². The maximum Gasteiger partial charge on any atom is 0.191 e. The second-order valence-corrected chi connectivity index (χ2v) is 7.57. The summed E-state index contributed by atoms with van der Waals surface area (Å²) in [5.74, 6) is 1.82. The summed E-state index contributed by atoms with van der Waals surface area (Å²) in [5, 5.41) is 6.96. The third-order valence-corrected chi connectivity index (χ3v) is 4.69. The van der Waals surface area contributed by atoms with Gasteiger partial charge < -0.3 is 15.4 Å². The number of benzene rings is 1. The second-order valence-electron chi connectivity index (χ2n) is 7.57. The van der Waals surface area contributed by atoms with Crippen LogP contribution in [0.15, 0.2) is 41.4 Å². The van der Waals surface area contributed by atoms with E-state index in [2.05, 4.69) is 55.9 Å². The number of nitrogens with one attached hydrogen (secondary N) is 2. The van der Waals surface area contributed by atoms with Crippen LogP contribution in [0.4, 0.5) is 0 Å². The van der Waals surface area contributed by atoms with Gasteiger partial charge in [0.15, 0.2) is 5.96 Å². The quantitative estimate of drug-likeness (QED) is 0.417. The average Bonchev–Trinajstić information content (AvgIpc) is 2.63. The van der Waals surface area contributed by atoms with E-state index in [1.165, 1.54) is 5.57 Å². The van der Waals surface area contributed by atoms with Crippen LogP contribution in [-0.2, 0) is 0 Å². The monoisotopic (exact) mass is 372 g/mol. The van der Waals surface area contributed by atoms with Crippen LogP contribution in [0.3, 0.4) is 0 Å². The zero-order valence-electron chi connectivity index (χ0n) is 17.4. The van der Waals surface area contributed by atoms with Crippen molar-refractivity contribution in [1.29, 1.82) is 0 Å². The normalized spacial score (nSPS) is 17.4. The molecule has 1 saturated heterocycles. The van der Waals surface area contributed by atoms with E-state index in [9.17, 15) is 0 Å². The third-order valence-electron chi connectivity index (χ3n) is 4.69. The number of ether oxygens (including phenoxy) is 1. The number of nitrogens with zero attached hydrogens (tertiary/aromatic N) is 2. The highest BCUT2D eigenvalue weighted by atomic mass is 16.5. The van der Waals surface area contributed by atoms with Crippen LogP contribution in [0.2, 0.25) is 0 Å². The lowest BCUT2D eigenvalue weighted by Crippen LogP contribution is -2.49. The molecule has 0 bridgehead atoms. The van der Waals surface area contributed by atoms with Crippen molar-refractivity contribution in [3.63, 3.8) is 0 Å². The maximum absolute atomic E-state index is 6.04. The predicted octanol–water partition coefficient (Wildman–Crippen LogP) is 3.36. The molecule has 0 aliphatic carbocycles. The Morgan fingerprint density at radius 3 is 2.67 bits per heavy atom. The molecule has 1 aliphatic rings. The van der Waals surface area contributed by atoms with Crippen LogP contribution in [0.5, 0.6) is 5.75 Å². The van der Waals surface area contributed by atoms with Crippen molar-refractivity contribution in [2.75, 3.05) is 32.7 Å². The summed E-state index contributed by atoms with van der Waals surface area (Å²) >= 11 is 0. The number of guanidine groups is 1. The van der Waals surface area contributed by atoms with Crippen LogP contribution >= 0.6 is 0 Å². The van der Waals surface area contributed by atoms with Gasteiger partial charge in [-0.2, -0.15) is 0 Å². The van der Waals surface area contributed by atoms with Gasteiger partial charge in [-0.25, -0.2) is 4.99 Å². The van der Waals surface area contributed by atoms with Crippen LogP contribution in [0.1, 0.15) is 39.2 Å². The van der Waals surface area contributed by atoms with Gasteiger partial charge in [-0.05, 0) is 52.2 Å². The highest BCUT2D eigenvalue weighted by Crippen LogP contribution is 2.17. The minimum absolute atomic E-state index is 0.0268. The molecule has 0 radical (unpaired) electrons. The van der Waals surface area contributed by atoms with Gasteiger partial charge in [-0.3, -0.25) is 4.90 Å². The SMILES string of the molecule is C=C(C)CN1CCC(NC(=NCC(C)Oc2ccccc2C)NCC)CC1. The minimum Gasteiger partial charge on any atom is -0.489 e. The van der Waals surface area contributed by atoms with Crippen molar-refractivity contribution >= 4 is 5.96 Å². The smallest absolute Gasteiger partial charge is 0.191 e. The summed E-state index contributed by atoms with van der Waals surface area (Å²) < 4.78 is 6.04. The van der Waals surface area contributed by atoms with Crippen LogP contribution < -0.4 is 15.4 Å². The lowest BCUT2D eigenvalue weighted by molar-refractivity contribution is 0.219. The molecule has 1 aliphatic heterocycles. The standard InChI is InChI=1S/C22H36N4O/c1-6-23-22(25-20-11-13-26(14-12-20)16-17(2)3)24-15-19(5)27-21-10-8-7-9-18(21)4/h7-10,19-20H,2,6,11-16H2,1,3-5H3,(H2,23,24,25). The molecule has 1 aromatic carbocycles. The van der Waals surface area contributed by atoms with Gasteiger partial charge >= 0.3 is 0 Å². The number of hydrogen-bond donors (Lipinski definition) is 2. The van der Waals surface area contributed by atoms with E-state index in [-0.39, 0.29) is 6.10 Å². The van der Waals surface area contributed by atoms with E-state index in [4.69, 9.17) is 9.73 Å². The fraction of sp³-hybridized carbons (Fsp3) is 0.591. The molecule has 0 amide bonds. The van der Waals surface area contributed by atoms with Gasteiger partial charge in [-0.15, -0.1) is 0 Å². The van der Waals surface area contributed by atoms with Crippen molar-refractivity contribution in [3.05, 3.63) is 42.0 Å². The molecule has 2 N–H and O–H groups in total. The first-order chi connectivity index (χ1) is 13.0. The maximum atomic E-state index is 6.04. The number of aliphatic imine (C=N–C) groups is 1. The Balaban J connectivity index is 1.83.